The van der Waals surface area contributed by atoms with Gasteiger partial charge in [-0.1, -0.05) is 29.8 Å². The van der Waals surface area contributed by atoms with Crippen LogP contribution in [0, 0.1) is 23.7 Å². The van der Waals surface area contributed by atoms with E-state index in [4.69, 9.17) is 10.4 Å². The van der Waals surface area contributed by atoms with Crippen LogP contribution in [0.15, 0.2) is 24.3 Å². The molecule has 2 rings (SSSR count). The van der Waals surface area contributed by atoms with Gasteiger partial charge in [-0.15, -0.1) is 0 Å². The highest BCUT2D eigenvalue weighted by Gasteiger charge is 2.41. The number of rotatable bonds is 3. The summed E-state index contributed by atoms with van der Waals surface area (Å²) in [6.07, 6.45) is 0.815. The van der Waals surface area contributed by atoms with Gasteiger partial charge in [0.15, 0.2) is 5.41 Å². The molecule has 1 fully saturated rings. The van der Waals surface area contributed by atoms with Crippen LogP contribution in [0.1, 0.15) is 24.0 Å². The molecule has 1 aliphatic heterocycles. The second-order valence-electron chi connectivity index (χ2n) is 5.26. The Labute approximate surface area is 113 Å². The maximum absolute atomic E-state index is 11.2. The van der Waals surface area contributed by atoms with E-state index in [9.17, 15) is 4.79 Å². The van der Waals surface area contributed by atoms with Crippen molar-refractivity contribution in [2.75, 3.05) is 13.1 Å². The molecule has 1 saturated heterocycles. The molecule has 0 unspecified atom stereocenters. The lowest BCUT2D eigenvalue weighted by molar-refractivity contribution is -0.147. The van der Waals surface area contributed by atoms with E-state index in [2.05, 4.69) is 36.1 Å². The largest absolute Gasteiger partial charge is 0.480 e. The molecule has 19 heavy (non-hydrogen) atoms. The van der Waals surface area contributed by atoms with E-state index in [0.29, 0.717) is 25.9 Å². The number of carboxylic acids is 1. The minimum Gasteiger partial charge on any atom is -0.480 e. The number of hydrogen-bond acceptors (Lipinski definition) is 3. The normalized spacial score (nSPS) is 18.7. The molecule has 1 N–H and O–H groups in total. The van der Waals surface area contributed by atoms with Crippen molar-refractivity contribution < 1.29 is 9.90 Å². The zero-order chi connectivity index (χ0) is 13.9. The van der Waals surface area contributed by atoms with Gasteiger partial charge in [-0.05, 0) is 25.3 Å². The lowest BCUT2D eigenvalue weighted by Crippen LogP contribution is -2.43. The van der Waals surface area contributed by atoms with Gasteiger partial charge in [-0.3, -0.25) is 9.69 Å². The number of carboxylic acid groups (broad SMARTS) is 1. The number of aliphatic carboxylic acids is 1. The number of benzene rings is 1. The fraction of sp³-hybridized carbons (Fsp3) is 0.467. The first-order valence-electron chi connectivity index (χ1n) is 6.48. The molecule has 0 saturated carbocycles. The highest BCUT2D eigenvalue weighted by atomic mass is 16.4. The van der Waals surface area contributed by atoms with Crippen LogP contribution < -0.4 is 0 Å². The topological polar surface area (TPSA) is 64.3 Å². The first-order chi connectivity index (χ1) is 9.05. The van der Waals surface area contributed by atoms with E-state index in [1.807, 2.05) is 6.07 Å². The van der Waals surface area contributed by atoms with Gasteiger partial charge in [0.1, 0.15) is 0 Å². The Bertz CT molecular complexity index is 494. The molecular weight excluding hydrogens is 240 g/mol. The number of aryl methyl sites for hydroxylation is 1. The average molecular weight is 258 g/mol. The number of nitriles is 1. The SMILES string of the molecule is Cc1ccc(CN2CCC(C#N)(C(=O)O)CC2)cc1. The second-order valence-corrected chi connectivity index (χ2v) is 5.26. The Balaban J connectivity index is 1.95. The molecule has 0 aromatic heterocycles. The van der Waals surface area contributed by atoms with Crippen molar-refractivity contribution in [3.05, 3.63) is 35.4 Å². The average Bonchev–Trinajstić information content (AvgIpc) is 2.42. The summed E-state index contributed by atoms with van der Waals surface area (Å²) in [6.45, 7) is 4.20. The Morgan fingerprint density at radius 1 is 1.37 bits per heavy atom. The van der Waals surface area contributed by atoms with Crippen LogP contribution in [0.5, 0.6) is 0 Å². The van der Waals surface area contributed by atoms with Crippen molar-refractivity contribution in [3.63, 3.8) is 0 Å². The van der Waals surface area contributed by atoms with E-state index in [1.54, 1.807) is 0 Å². The zero-order valence-electron chi connectivity index (χ0n) is 11.1. The Morgan fingerprint density at radius 2 is 1.95 bits per heavy atom. The molecule has 1 aromatic rings. The zero-order valence-corrected chi connectivity index (χ0v) is 11.1. The molecular formula is C15H18N2O2. The van der Waals surface area contributed by atoms with Crippen LogP contribution in [-0.4, -0.2) is 29.1 Å². The molecule has 0 spiro atoms. The van der Waals surface area contributed by atoms with Crippen LogP contribution >= 0.6 is 0 Å². The summed E-state index contributed by atoms with van der Waals surface area (Å²) in [7, 11) is 0. The predicted octanol–water partition coefficient (Wildman–Crippen LogP) is 2.19. The van der Waals surface area contributed by atoms with Gasteiger partial charge in [0.25, 0.3) is 0 Å². The van der Waals surface area contributed by atoms with Gasteiger partial charge in [-0.25, -0.2) is 0 Å². The number of piperidine rings is 1. The van der Waals surface area contributed by atoms with Crippen LogP contribution in [0.2, 0.25) is 0 Å². The molecule has 1 aliphatic rings. The molecule has 1 aromatic carbocycles. The van der Waals surface area contributed by atoms with Gasteiger partial charge in [0.2, 0.25) is 0 Å². The molecule has 4 nitrogen and oxygen atoms in total. The summed E-state index contributed by atoms with van der Waals surface area (Å²) in [4.78, 5) is 13.4. The molecule has 100 valence electrons. The minimum atomic E-state index is -1.18. The van der Waals surface area contributed by atoms with Crippen LogP contribution in [0.25, 0.3) is 0 Å². The van der Waals surface area contributed by atoms with Gasteiger partial charge < -0.3 is 5.11 Å². The molecule has 0 bridgehead atoms. The summed E-state index contributed by atoms with van der Waals surface area (Å²) in [6, 6.07) is 10.3. The number of carbonyl (C=O) groups is 1. The Hall–Kier alpha value is -1.86. The monoisotopic (exact) mass is 258 g/mol. The van der Waals surface area contributed by atoms with E-state index in [-0.39, 0.29) is 0 Å². The van der Waals surface area contributed by atoms with Gasteiger partial charge in [-0.2, -0.15) is 5.26 Å². The highest BCUT2D eigenvalue weighted by molar-refractivity contribution is 5.78. The molecule has 1 heterocycles. The maximum Gasteiger partial charge on any atom is 0.324 e. The van der Waals surface area contributed by atoms with Crippen LogP contribution in [0.3, 0.4) is 0 Å². The molecule has 4 heteroatoms. The Morgan fingerprint density at radius 3 is 2.42 bits per heavy atom. The first kappa shape index (κ1) is 13.6. The first-order valence-corrected chi connectivity index (χ1v) is 6.48. The molecule has 0 amide bonds. The van der Waals surface area contributed by atoms with Crippen molar-refractivity contribution in [1.29, 1.82) is 5.26 Å². The van der Waals surface area contributed by atoms with Crippen LogP contribution in [0.4, 0.5) is 0 Å². The fourth-order valence-corrected chi connectivity index (χ4v) is 2.42. The third-order valence-electron chi connectivity index (χ3n) is 3.86. The number of hydrogen-bond donors (Lipinski definition) is 1. The maximum atomic E-state index is 11.2. The number of nitrogens with zero attached hydrogens (tertiary/aromatic N) is 2. The minimum absolute atomic E-state index is 0.407. The lowest BCUT2D eigenvalue weighted by atomic mass is 9.80. The smallest absolute Gasteiger partial charge is 0.324 e. The standard InChI is InChI=1S/C15H18N2O2/c1-12-2-4-13(5-3-12)10-17-8-6-15(11-16,7-9-17)14(18)19/h2-5H,6-10H2,1H3,(H,18,19). The molecule has 0 atom stereocenters. The van der Waals surface area contributed by atoms with Crippen molar-refractivity contribution >= 4 is 5.97 Å². The lowest BCUT2D eigenvalue weighted by Gasteiger charge is -2.34. The third kappa shape index (κ3) is 2.94. The van der Waals surface area contributed by atoms with E-state index >= 15 is 0 Å². The van der Waals surface area contributed by atoms with Crippen molar-refractivity contribution in [2.24, 2.45) is 5.41 Å². The Kier molecular flexibility index (Phi) is 3.87. The van der Waals surface area contributed by atoms with E-state index < -0.39 is 11.4 Å². The highest BCUT2D eigenvalue weighted by Crippen LogP contribution is 2.31. The summed E-state index contributed by atoms with van der Waals surface area (Å²) in [5, 5.41) is 18.2. The molecule has 0 aliphatic carbocycles. The summed E-state index contributed by atoms with van der Waals surface area (Å²) < 4.78 is 0. The number of likely N-dealkylation sites (tertiary alicyclic amines) is 1. The fourth-order valence-electron chi connectivity index (χ4n) is 2.42. The van der Waals surface area contributed by atoms with Gasteiger partial charge >= 0.3 is 5.97 Å². The summed E-state index contributed by atoms with van der Waals surface area (Å²) >= 11 is 0. The van der Waals surface area contributed by atoms with Crippen LogP contribution in [-0.2, 0) is 11.3 Å². The predicted molar refractivity (Wildman–Crippen MR) is 71.4 cm³/mol. The molecule has 0 radical (unpaired) electrons. The summed E-state index contributed by atoms with van der Waals surface area (Å²) in [5.41, 5.74) is 1.28. The van der Waals surface area contributed by atoms with E-state index in [0.717, 1.165) is 6.54 Å². The van der Waals surface area contributed by atoms with Gasteiger partial charge in [0.05, 0.1) is 6.07 Å². The van der Waals surface area contributed by atoms with E-state index in [1.165, 1.54) is 11.1 Å². The summed E-state index contributed by atoms with van der Waals surface area (Å²) in [5.74, 6) is -0.981. The van der Waals surface area contributed by atoms with Crippen molar-refractivity contribution in [1.82, 2.24) is 4.90 Å². The van der Waals surface area contributed by atoms with Gasteiger partial charge in [0, 0.05) is 19.6 Å². The quantitative estimate of drug-likeness (QED) is 0.902. The third-order valence-corrected chi connectivity index (χ3v) is 3.86. The van der Waals surface area contributed by atoms with Crippen molar-refractivity contribution in [3.8, 4) is 6.07 Å². The second kappa shape index (κ2) is 5.41. The van der Waals surface area contributed by atoms with Crippen molar-refractivity contribution in [2.45, 2.75) is 26.3 Å².